The summed E-state index contributed by atoms with van der Waals surface area (Å²) in [5.41, 5.74) is 2.26. The lowest BCUT2D eigenvalue weighted by Gasteiger charge is -1.99. The van der Waals surface area contributed by atoms with E-state index < -0.39 is 0 Å². The molecule has 0 fully saturated rings. The Balaban J connectivity index is 2.70. The number of rotatable bonds is 2. The molecule has 0 saturated carbocycles. The first-order valence-electron chi connectivity index (χ1n) is 4.96. The van der Waals surface area contributed by atoms with Crippen molar-refractivity contribution >= 4 is 39.4 Å². The Kier molecular flexibility index (Phi) is 3.09. The monoisotopic (exact) mass is 313 g/mol. The van der Waals surface area contributed by atoms with Crippen molar-refractivity contribution < 1.29 is 4.79 Å². The number of nitrogens with zero attached hydrogens (tertiary/aromatic N) is 1. The number of halogens is 1. The summed E-state index contributed by atoms with van der Waals surface area (Å²) in [7, 11) is 0. The topological polar surface area (TPSA) is 22.0 Å². The van der Waals surface area contributed by atoms with E-state index in [1.165, 1.54) is 10.9 Å². The molecule has 78 valence electrons. The van der Waals surface area contributed by atoms with E-state index in [0.717, 1.165) is 11.9 Å². The van der Waals surface area contributed by atoms with Crippen LogP contribution < -0.4 is 0 Å². The Morgan fingerprint density at radius 3 is 2.80 bits per heavy atom. The molecule has 0 atom stereocenters. The number of alkyl halides is 1. The highest BCUT2D eigenvalue weighted by molar-refractivity contribution is 14.1. The lowest BCUT2D eigenvalue weighted by molar-refractivity contribution is 0.0950. The van der Waals surface area contributed by atoms with Gasteiger partial charge in [-0.25, -0.2) is 0 Å². The van der Waals surface area contributed by atoms with E-state index in [9.17, 15) is 4.79 Å². The third-order valence-corrected chi connectivity index (χ3v) is 3.21. The van der Waals surface area contributed by atoms with Gasteiger partial charge < -0.3 is 0 Å². The predicted molar refractivity (Wildman–Crippen MR) is 70.8 cm³/mol. The Morgan fingerprint density at radius 2 is 2.13 bits per heavy atom. The van der Waals surface area contributed by atoms with Crippen LogP contribution in [-0.4, -0.2) is 14.9 Å². The molecular weight excluding hydrogens is 301 g/mol. The second-order valence-corrected chi connectivity index (χ2v) is 4.19. The zero-order valence-corrected chi connectivity index (χ0v) is 10.7. The fourth-order valence-electron chi connectivity index (χ4n) is 1.80. The average Bonchev–Trinajstić information content (AvgIpc) is 2.67. The number of aromatic nitrogens is 1. The maximum Gasteiger partial charge on any atom is 0.240 e. The van der Waals surface area contributed by atoms with Gasteiger partial charge in [-0.2, -0.15) is 0 Å². The maximum absolute atomic E-state index is 11.7. The summed E-state index contributed by atoms with van der Waals surface area (Å²) in [4.78, 5) is 11.7. The highest BCUT2D eigenvalue weighted by atomic mass is 127. The van der Waals surface area contributed by atoms with Crippen LogP contribution in [0.1, 0.15) is 17.3 Å². The molecule has 0 aliphatic rings. The van der Waals surface area contributed by atoms with Crippen molar-refractivity contribution in [2.24, 2.45) is 0 Å². The fourth-order valence-corrected chi connectivity index (χ4v) is 2.17. The molecule has 2 aromatic rings. The third kappa shape index (κ3) is 1.80. The lowest BCUT2D eigenvalue weighted by atomic mass is 10.1. The second-order valence-electron chi connectivity index (χ2n) is 3.42. The van der Waals surface area contributed by atoms with Gasteiger partial charge in [0, 0.05) is 11.6 Å². The molecule has 0 aliphatic heterocycles. The third-order valence-electron chi connectivity index (χ3n) is 2.56. The van der Waals surface area contributed by atoms with Gasteiger partial charge in [-0.05, 0) is 18.1 Å². The number of aryl methyl sites for hydroxylation is 1. The largest absolute Gasteiger partial charge is 0.286 e. The Labute approximate surface area is 102 Å². The van der Waals surface area contributed by atoms with Crippen LogP contribution in [0.3, 0.4) is 0 Å². The molecule has 1 heterocycles. The van der Waals surface area contributed by atoms with Gasteiger partial charge in [-0.3, -0.25) is 9.36 Å². The Morgan fingerprint density at radius 1 is 1.40 bits per heavy atom. The molecule has 0 radical (unpaired) electrons. The molecule has 0 saturated heterocycles. The lowest BCUT2D eigenvalue weighted by Crippen LogP contribution is -2.09. The van der Waals surface area contributed by atoms with E-state index >= 15 is 0 Å². The molecule has 3 heteroatoms. The summed E-state index contributed by atoms with van der Waals surface area (Å²) in [5, 5.41) is 1.19. The highest BCUT2D eigenvalue weighted by Gasteiger charge is 2.10. The molecular formula is C12H12INO. The number of carbonyl (C=O) groups is 1. The first-order valence-corrected chi connectivity index (χ1v) is 6.48. The SMILES string of the molecule is CCc1cn(C(=O)CI)c2ccccc12. The van der Waals surface area contributed by atoms with E-state index in [4.69, 9.17) is 0 Å². The molecule has 1 aromatic heterocycles. The summed E-state index contributed by atoms with van der Waals surface area (Å²) in [6.45, 7) is 2.11. The average molecular weight is 313 g/mol. The van der Waals surface area contributed by atoms with Crippen molar-refractivity contribution in [3.05, 3.63) is 36.0 Å². The van der Waals surface area contributed by atoms with Gasteiger partial charge in [0.15, 0.2) is 0 Å². The number of hydrogen-bond acceptors (Lipinski definition) is 1. The quantitative estimate of drug-likeness (QED) is 0.616. The van der Waals surface area contributed by atoms with Gasteiger partial charge in [0.25, 0.3) is 0 Å². The van der Waals surface area contributed by atoms with Gasteiger partial charge in [-0.1, -0.05) is 47.7 Å². The number of fused-ring (bicyclic) bond motifs is 1. The molecule has 2 rings (SSSR count). The standard InChI is InChI=1S/C12H12INO/c1-2-9-8-14(12(15)7-13)11-6-4-3-5-10(9)11/h3-6,8H,2,7H2,1H3. The normalized spacial score (nSPS) is 10.8. The minimum atomic E-state index is 0.145. The number of para-hydroxylation sites is 1. The summed E-state index contributed by atoms with van der Waals surface area (Å²) in [5.74, 6) is 0.145. The van der Waals surface area contributed by atoms with Crippen LogP contribution >= 0.6 is 22.6 Å². The first-order chi connectivity index (χ1) is 7.27. The van der Waals surface area contributed by atoms with E-state index in [0.29, 0.717) is 4.43 Å². The molecule has 0 N–H and O–H groups in total. The molecule has 0 spiro atoms. The smallest absolute Gasteiger partial charge is 0.240 e. The zero-order valence-electron chi connectivity index (χ0n) is 8.53. The van der Waals surface area contributed by atoms with Crippen LogP contribution in [0.2, 0.25) is 0 Å². The van der Waals surface area contributed by atoms with E-state index in [1.807, 2.05) is 24.4 Å². The number of carbonyl (C=O) groups excluding carboxylic acids is 1. The van der Waals surface area contributed by atoms with E-state index in [2.05, 4.69) is 35.6 Å². The van der Waals surface area contributed by atoms with Crippen LogP contribution in [-0.2, 0) is 6.42 Å². The molecule has 0 unspecified atom stereocenters. The van der Waals surface area contributed by atoms with Crippen molar-refractivity contribution in [3.63, 3.8) is 0 Å². The molecule has 0 aliphatic carbocycles. The van der Waals surface area contributed by atoms with Crippen molar-refractivity contribution in [2.75, 3.05) is 4.43 Å². The van der Waals surface area contributed by atoms with Gasteiger partial charge in [0.2, 0.25) is 5.91 Å². The fraction of sp³-hybridized carbons (Fsp3) is 0.250. The van der Waals surface area contributed by atoms with Crippen molar-refractivity contribution in [1.29, 1.82) is 0 Å². The minimum absolute atomic E-state index is 0.145. The number of benzene rings is 1. The van der Waals surface area contributed by atoms with Crippen molar-refractivity contribution in [3.8, 4) is 0 Å². The van der Waals surface area contributed by atoms with Gasteiger partial charge >= 0.3 is 0 Å². The minimum Gasteiger partial charge on any atom is -0.286 e. The predicted octanol–water partition coefficient (Wildman–Crippen LogP) is 3.28. The molecule has 0 bridgehead atoms. The van der Waals surface area contributed by atoms with Crippen molar-refractivity contribution in [1.82, 2.24) is 4.57 Å². The van der Waals surface area contributed by atoms with Gasteiger partial charge in [0.1, 0.15) is 0 Å². The van der Waals surface area contributed by atoms with Crippen molar-refractivity contribution in [2.45, 2.75) is 13.3 Å². The molecule has 15 heavy (non-hydrogen) atoms. The van der Waals surface area contributed by atoms with Crippen LogP contribution in [0.15, 0.2) is 30.5 Å². The van der Waals surface area contributed by atoms with Crippen LogP contribution in [0.5, 0.6) is 0 Å². The summed E-state index contributed by atoms with van der Waals surface area (Å²) < 4.78 is 2.28. The van der Waals surface area contributed by atoms with E-state index in [-0.39, 0.29) is 5.91 Å². The molecule has 0 amide bonds. The van der Waals surface area contributed by atoms with Gasteiger partial charge in [-0.15, -0.1) is 0 Å². The summed E-state index contributed by atoms with van der Waals surface area (Å²) >= 11 is 2.10. The Bertz CT molecular complexity index is 501. The summed E-state index contributed by atoms with van der Waals surface area (Å²) in [6.07, 6.45) is 2.92. The molecule has 1 aromatic carbocycles. The highest BCUT2D eigenvalue weighted by Crippen LogP contribution is 2.21. The maximum atomic E-state index is 11.7. The van der Waals surface area contributed by atoms with Crippen LogP contribution in [0, 0.1) is 0 Å². The molecule has 2 nitrogen and oxygen atoms in total. The van der Waals surface area contributed by atoms with E-state index in [1.54, 1.807) is 4.57 Å². The van der Waals surface area contributed by atoms with Crippen LogP contribution in [0.4, 0.5) is 0 Å². The number of hydrogen-bond donors (Lipinski definition) is 0. The second kappa shape index (κ2) is 4.35. The Hall–Kier alpha value is -0.840. The zero-order chi connectivity index (χ0) is 10.8. The first kappa shape index (κ1) is 10.7. The van der Waals surface area contributed by atoms with Gasteiger partial charge in [0.05, 0.1) is 9.94 Å². The summed E-state index contributed by atoms with van der Waals surface area (Å²) in [6, 6.07) is 8.06. The van der Waals surface area contributed by atoms with Crippen LogP contribution in [0.25, 0.3) is 10.9 Å².